The summed E-state index contributed by atoms with van der Waals surface area (Å²) in [5, 5.41) is 0.616. The summed E-state index contributed by atoms with van der Waals surface area (Å²) in [6.45, 7) is 4.86. The lowest BCUT2D eigenvalue weighted by molar-refractivity contribution is -0.137. The minimum atomic E-state index is -0.376. The van der Waals surface area contributed by atoms with Crippen molar-refractivity contribution in [3.63, 3.8) is 0 Å². The molecule has 0 amide bonds. The Balaban J connectivity index is 2.37. The highest BCUT2D eigenvalue weighted by atomic mass is 35.5. The lowest BCUT2D eigenvalue weighted by Gasteiger charge is -2.11. The number of rotatable bonds is 7. The maximum Gasteiger partial charge on any atom is 0.331 e. The molecule has 0 unspecified atom stereocenters. The van der Waals surface area contributed by atoms with E-state index >= 15 is 0 Å². The van der Waals surface area contributed by atoms with Crippen molar-refractivity contribution in [3.05, 3.63) is 70.8 Å². The third-order valence-electron chi connectivity index (χ3n) is 3.32. The molecule has 0 aliphatic heterocycles. The van der Waals surface area contributed by atoms with Crippen molar-refractivity contribution < 1.29 is 14.3 Å². The first-order valence-corrected chi connectivity index (χ1v) is 8.39. The van der Waals surface area contributed by atoms with Crippen LogP contribution in [0.2, 0.25) is 5.02 Å². The lowest BCUT2D eigenvalue weighted by atomic mass is 9.97. The number of benzene rings is 2. The number of halogens is 1. The van der Waals surface area contributed by atoms with E-state index in [-0.39, 0.29) is 5.97 Å². The molecule has 0 aliphatic carbocycles. The lowest BCUT2D eigenvalue weighted by Crippen LogP contribution is -2.02. The van der Waals surface area contributed by atoms with Gasteiger partial charge < -0.3 is 9.47 Å². The van der Waals surface area contributed by atoms with E-state index < -0.39 is 0 Å². The molecule has 0 heterocycles. The van der Waals surface area contributed by atoms with Crippen molar-refractivity contribution in [2.75, 3.05) is 13.2 Å². The monoisotopic (exact) mass is 344 g/mol. The molecule has 0 spiro atoms. The molecule has 0 saturated carbocycles. The van der Waals surface area contributed by atoms with Gasteiger partial charge in [0, 0.05) is 11.1 Å². The first kappa shape index (κ1) is 18.1. The molecule has 4 heteroatoms. The molecule has 2 aromatic carbocycles. The molecule has 0 atom stereocenters. The number of ether oxygens (including phenoxy) is 2. The van der Waals surface area contributed by atoms with Gasteiger partial charge in [-0.05, 0) is 54.3 Å². The minimum absolute atomic E-state index is 0.335. The Morgan fingerprint density at radius 3 is 2.46 bits per heavy atom. The molecule has 0 bridgehead atoms. The van der Waals surface area contributed by atoms with Crippen LogP contribution in [0.3, 0.4) is 0 Å². The SMILES string of the molecule is CCCOc1ccc(C(=CC(=O)OCC)c2cccc(Cl)c2)cc1. The Hall–Kier alpha value is -2.26. The van der Waals surface area contributed by atoms with E-state index in [1.807, 2.05) is 42.5 Å². The van der Waals surface area contributed by atoms with Crippen molar-refractivity contribution in [2.24, 2.45) is 0 Å². The van der Waals surface area contributed by atoms with Crippen LogP contribution >= 0.6 is 11.6 Å². The summed E-state index contributed by atoms with van der Waals surface area (Å²) < 4.78 is 10.7. The van der Waals surface area contributed by atoms with Gasteiger partial charge in [-0.1, -0.05) is 42.8 Å². The minimum Gasteiger partial charge on any atom is -0.494 e. The van der Waals surface area contributed by atoms with E-state index in [0.717, 1.165) is 28.9 Å². The van der Waals surface area contributed by atoms with Crippen molar-refractivity contribution in [2.45, 2.75) is 20.3 Å². The second kappa shape index (κ2) is 9.14. The van der Waals surface area contributed by atoms with Crippen LogP contribution in [0.15, 0.2) is 54.6 Å². The van der Waals surface area contributed by atoms with Gasteiger partial charge in [0.1, 0.15) is 5.75 Å². The average molecular weight is 345 g/mol. The maximum absolute atomic E-state index is 11.9. The standard InChI is InChI=1S/C20H21ClO3/c1-3-12-24-18-10-8-15(9-11-18)19(14-20(22)23-4-2)16-6-5-7-17(21)13-16/h5-11,13-14H,3-4,12H2,1-2H3. The summed E-state index contributed by atoms with van der Waals surface area (Å²) in [5.41, 5.74) is 2.52. The fourth-order valence-electron chi connectivity index (χ4n) is 2.24. The van der Waals surface area contributed by atoms with E-state index in [1.54, 1.807) is 13.0 Å². The van der Waals surface area contributed by atoms with Crippen LogP contribution < -0.4 is 4.74 Å². The Kier molecular flexibility index (Phi) is 6.89. The van der Waals surface area contributed by atoms with Gasteiger partial charge in [-0.2, -0.15) is 0 Å². The predicted octanol–water partition coefficient (Wildman–Crippen LogP) is 5.12. The molecular formula is C20H21ClO3. The molecule has 2 aromatic rings. The van der Waals surface area contributed by atoms with Gasteiger partial charge in [0.05, 0.1) is 13.2 Å². The van der Waals surface area contributed by atoms with Gasteiger partial charge in [0.2, 0.25) is 0 Å². The fourth-order valence-corrected chi connectivity index (χ4v) is 2.43. The van der Waals surface area contributed by atoms with Crippen LogP contribution in [0.5, 0.6) is 5.75 Å². The molecule has 2 rings (SSSR count). The number of carbonyl (C=O) groups excluding carboxylic acids is 1. The van der Waals surface area contributed by atoms with E-state index in [9.17, 15) is 4.79 Å². The summed E-state index contributed by atoms with van der Waals surface area (Å²) >= 11 is 6.09. The quantitative estimate of drug-likeness (QED) is 0.516. The van der Waals surface area contributed by atoms with Gasteiger partial charge in [-0.15, -0.1) is 0 Å². The molecule has 0 N–H and O–H groups in total. The van der Waals surface area contributed by atoms with Gasteiger partial charge in [0.25, 0.3) is 0 Å². The van der Waals surface area contributed by atoms with Crippen molar-refractivity contribution in [3.8, 4) is 5.75 Å². The van der Waals surface area contributed by atoms with Crippen LogP contribution in [-0.2, 0) is 9.53 Å². The Morgan fingerprint density at radius 1 is 1.08 bits per heavy atom. The number of esters is 1. The summed E-state index contributed by atoms with van der Waals surface area (Å²) in [6.07, 6.45) is 2.45. The van der Waals surface area contributed by atoms with Crippen molar-refractivity contribution in [1.82, 2.24) is 0 Å². The van der Waals surface area contributed by atoms with Crippen molar-refractivity contribution in [1.29, 1.82) is 0 Å². The number of hydrogen-bond acceptors (Lipinski definition) is 3. The van der Waals surface area contributed by atoms with E-state index in [2.05, 4.69) is 6.92 Å². The highest BCUT2D eigenvalue weighted by Gasteiger charge is 2.09. The molecule has 3 nitrogen and oxygen atoms in total. The predicted molar refractivity (Wildman–Crippen MR) is 97.4 cm³/mol. The number of hydrogen-bond donors (Lipinski definition) is 0. The zero-order valence-corrected chi connectivity index (χ0v) is 14.7. The van der Waals surface area contributed by atoms with E-state index in [4.69, 9.17) is 21.1 Å². The largest absolute Gasteiger partial charge is 0.494 e. The summed E-state index contributed by atoms with van der Waals surface area (Å²) in [6, 6.07) is 15.0. The summed E-state index contributed by atoms with van der Waals surface area (Å²) in [7, 11) is 0. The van der Waals surface area contributed by atoms with Gasteiger partial charge in [-0.3, -0.25) is 0 Å². The summed E-state index contributed by atoms with van der Waals surface area (Å²) in [4.78, 5) is 11.9. The third-order valence-corrected chi connectivity index (χ3v) is 3.56. The molecule has 0 saturated heterocycles. The highest BCUT2D eigenvalue weighted by Crippen LogP contribution is 2.27. The second-order valence-electron chi connectivity index (χ2n) is 5.19. The van der Waals surface area contributed by atoms with E-state index in [1.165, 1.54) is 6.08 Å². The van der Waals surface area contributed by atoms with Crippen molar-refractivity contribution >= 4 is 23.1 Å². The normalized spacial score (nSPS) is 11.2. The average Bonchev–Trinajstić information content (AvgIpc) is 2.59. The molecule has 0 radical (unpaired) electrons. The third kappa shape index (κ3) is 5.14. The molecule has 24 heavy (non-hydrogen) atoms. The molecule has 126 valence electrons. The van der Waals surface area contributed by atoms with Gasteiger partial charge in [0.15, 0.2) is 0 Å². The van der Waals surface area contributed by atoms with Gasteiger partial charge in [-0.25, -0.2) is 4.79 Å². The maximum atomic E-state index is 11.9. The summed E-state index contributed by atoms with van der Waals surface area (Å²) in [5.74, 6) is 0.431. The fraction of sp³-hybridized carbons (Fsp3) is 0.250. The topological polar surface area (TPSA) is 35.5 Å². The zero-order valence-electron chi connectivity index (χ0n) is 13.9. The molecule has 0 aromatic heterocycles. The van der Waals surface area contributed by atoms with Gasteiger partial charge >= 0.3 is 5.97 Å². The van der Waals surface area contributed by atoms with Crippen LogP contribution in [0, 0.1) is 0 Å². The van der Waals surface area contributed by atoms with E-state index in [0.29, 0.717) is 18.2 Å². The number of carbonyl (C=O) groups is 1. The zero-order chi connectivity index (χ0) is 17.4. The first-order valence-electron chi connectivity index (χ1n) is 8.01. The first-order chi connectivity index (χ1) is 11.6. The molecular weight excluding hydrogens is 324 g/mol. The smallest absolute Gasteiger partial charge is 0.331 e. The Morgan fingerprint density at radius 2 is 1.83 bits per heavy atom. The second-order valence-corrected chi connectivity index (χ2v) is 5.63. The molecule has 0 fully saturated rings. The molecule has 0 aliphatic rings. The Bertz CT molecular complexity index is 705. The van der Waals surface area contributed by atoms with Crippen LogP contribution in [-0.4, -0.2) is 19.2 Å². The highest BCUT2D eigenvalue weighted by molar-refractivity contribution is 6.30. The van der Waals surface area contributed by atoms with Crippen LogP contribution in [0.1, 0.15) is 31.4 Å². The Labute approximate surface area is 147 Å². The van der Waals surface area contributed by atoms with Crippen LogP contribution in [0.25, 0.3) is 5.57 Å². The van der Waals surface area contributed by atoms with Crippen LogP contribution in [0.4, 0.5) is 0 Å².